The van der Waals surface area contributed by atoms with Crippen molar-refractivity contribution in [2.45, 2.75) is 315 Å². The summed E-state index contributed by atoms with van der Waals surface area (Å²) in [5.74, 6) is 0. The lowest BCUT2D eigenvalue weighted by molar-refractivity contribution is 0.270. The van der Waals surface area contributed by atoms with Gasteiger partial charge in [-0.3, -0.25) is 28.8 Å². The van der Waals surface area contributed by atoms with Crippen LogP contribution in [0.2, 0.25) is 0 Å². The molecular weight excluding hydrogens is 1610 g/mol. The molecule has 120 heavy (non-hydrogen) atoms. The molecule has 0 radical (unpaired) electrons. The van der Waals surface area contributed by atoms with Crippen molar-refractivity contribution >= 4 is 107 Å². The molecule has 0 fully saturated rings. The third-order valence-electron chi connectivity index (χ3n) is 21.5. The minimum Gasteiger partial charge on any atom is -0.382 e. The summed E-state index contributed by atoms with van der Waals surface area (Å²) < 4.78 is 3.10. The van der Waals surface area contributed by atoms with E-state index in [1.165, 1.54) is 51.7 Å². The molecule has 684 valence electrons. The van der Waals surface area contributed by atoms with Gasteiger partial charge >= 0.3 is 0 Å². The highest BCUT2D eigenvalue weighted by atomic mass is 32.1. The standard InChI is InChI=1S/C18H32N2OS.C17H30N2OS.2C16H28N2OS.C15H26N2OS.C14H24N2OS/c1-6-11-20(12-7-2)13-9-8-10-19-15-14(18(3,4)5)17(22)16(15)21;1-6-11-19(7-2)12-9-8-10-18-14-13(17(3,4)5)16(21)15(14)20;1-6-10-18(5)11-8-7-9-17-13-12(16(2,3)4)15(20)14(13)19;1-6-18(7-2)11-9-8-10-17-13-12(16(3,4)5)15(20)14(13)19;1-6-17(5)10-8-7-9-16-12-11(15(2,3)4)14(19)13(12)18;1-14(2,3)10-11(12(17)13(10)18)15-8-6-7-9-16(4)5/h19H,6-13H2,1-5H3;18H,6-12H2,1-5H3;2*17H,6-11H2,1-5H3;16H,6-10H2,1-5H3;15H,6-9H2,1-5H3. The highest BCUT2D eigenvalue weighted by Crippen LogP contribution is 2.36. The van der Waals surface area contributed by atoms with Crippen molar-refractivity contribution in [3.05, 3.63) is 122 Å². The predicted octanol–water partition coefficient (Wildman–Crippen LogP) is 20.9. The lowest BCUT2D eigenvalue weighted by Gasteiger charge is -2.26. The number of unbranched alkanes of at least 4 members (excludes halogenated alkanes) is 6. The fourth-order valence-electron chi connectivity index (χ4n) is 14.8. The summed E-state index contributed by atoms with van der Waals surface area (Å²) in [5.41, 5.74) is 10.5. The molecule has 0 aliphatic heterocycles. The summed E-state index contributed by atoms with van der Waals surface area (Å²) in [6.45, 7) is 76.4. The van der Waals surface area contributed by atoms with Crippen molar-refractivity contribution in [2.24, 2.45) is 0 Å². The third kappa shape index (κ3) is 37.6. The molecule has 18 nitrogen and oxygen atoms in total. The van der Waals surface area contributed by atoms with Crippen LogP contribution in [-0.2, 0) is 32.5 Å². The van der Waals surface area contributed by atoms with Crippen LogP contribution in [0.15, 0.2) is 28.8 Å². The molecule has 0 aromatic heterocycles. The molecule has 0 amide bonds. The third-order valence-corrected chi connectivity index (χ3v) is 23.9. The number of nitrogens with one attached hydrogen (secondary N) is 6. The smallest absolute Gasteiger partial charge is 0.220 e. The Kier molecular flexibility index (Phi) is 52.3. The molecule has 0 bridgehead atoms. The topological polar surface area (TPSA) is 194 Å². The number of hydrogen-bond acceptors (Lipinski definition) is 24. The number of nitrogens with zero attached hydrogens (tertiary/aromatic N) is 6. The Hall–Kier alpha value is -4.44. The van der Waals surface area contributed by atoms with Crippen LogP contribution in [0.25, 0.3) is 0 Å². The maximum absolute atomic E-state index is 11.9. The normalized spacial score (nSPS) is 12.3. The van der Waals surface area contributed by atoms with Gasteiger partial charge in [0.2, 0.25) is 32.6 Å². The molecule has 24 heteroatoms. The van der Waals surface area contributed by atoms with Gasteiger partial charge < -0.3 is 61.3 Å². The summed E-state index contributed by atoms with van der Waals surface area (Å²) in [6, 6.07) is 0. The summed E-state index contributed by atoms with van der Waals surface area (Å²) in [5, 5.41) is 19.7. The van der Waals surface area contributed by atoms with Gasteiger partial charge in [0.25, 0.3) is 0 Å². The van der Waals surface area contributed by atoms with Crippen molar-refractivity contribution in [1.29, 1.82) is 0 Å². The van der Waals surface area contributed by atoms with Gasteiger partial charge in [0.1, 0.15) is 0 Å². The van der Waals surface area contributed by atoms with E-state index in [1.807, 2.05) is 0 Å². The summed E-state index contributed by atoms with van der Waals surface area (Å²) in [6.07, 6.45) is 18.2. The number of rotatable bonds is 48. The van der Waals surface area contributed by atoms with Crippen molar-refractivity contribution in [3.63, 3.8) is 0 Å². The van der Waals surface area contributed by atoms with Crippen molar-refractivity contribution < 1.29 is 0 Å². The van der Waals surface area contributed by atoms with Crippen LogP contribution in [0, 0.1) is 27.1 Å². The van der Waals surface area contributed by atoms with Crippen LogP contribution in [0.3, 0.4) is 0 Å². The average Bonchev–Trinajstić information content (AvgIpc) is 0.794. The highest BCUT2D eigenvalue weighted by Gasteiger charge is 2.33. The molecule has 6 rings (SSSR count). The second kappa shape index (κ2) is 55.2. The molecule has 0 atom stereocenters. The monoisotopic (exact) mass is 1780 g/mol. The Morgan fingerprint density at radius 3 is 0.617 bits per heavy atom. The molecular formula is C96H168N12O6S6. The molecule has 0 aliphatic rings. The molecule has 6 aromatic rings. The Balaban J connectivity index is 0.000000721. The summed E-state index contributed by atoms with van der Waals surface area (Å²) >= 11 is 31.0. The van der Waals surface area contributed by atoms with E-state index >= 15 is 0 Å². The zero-order chi connectivity index (χ0) is 92.0. The summed E-state index contributed by atoms with van der Waals surface area (Å²) in [4.78, 5) is 85.1. The first-order valence-electron chi connectivity index (χ1n) is 45.4. The largest absolute Gasteiger partial charge is 0.382 e. The van der Waals surface area contributed by atoms with Gasteiger partial charge in [-0.05, 0) is 255 Å². The van der Waals surface area contributed by atoms with Gasteiger partial charge in [-0.1, -0.05) is 253 Å². The van der Waals surface area contributed by atoms with Crippen LogP contribution in [0.1, 0.15) is 316 Å². The lowest BCUT2D eigenvalue weighted by Crippen LogP contribution is -2.29. The maximum Gasteiger partial charge on any atom is 0.220 e. The van der Waals surface area contributed by atoms with E-state index in [1.54, 1.807) is 0 Å². The lowest BCUT2D eigenvalue weighted by atomic mass is 9.83. The quantitative estimate of drug-likeness (QED) is 0.0156. The maximum atomic E-state index is 11.9. The minimum absolute atomic E-state index is 0.0162. The number of hydrogen-bond donors (Lipinski definition) is 6. The zero-order valence-electron chi connectivity index (χ0n) is 81.0. The fraction of sp³-hybridized carbons (Fsp3) is 0.750. The SMILES string of the molecule is CCCN(C)CCCCNc1c(C(C)(C)C)c(=S)c1=O.CCCN(CC)CCCCNc1c(C(C)(C)C)c(=S)c1=O.CCCN(CCC)CCCCNc1c(C(C)(C)C)c(=S)c1=O.CCN(C)CCCCNc1c(C(C)(C)C)c(=S)c1=O.CCN(CC)CCCCNc1c(C(C)(C)C)c(=S)c1=O.CN(C)CCCCNc1c(C(C)(C)C)c(=S)c1=O. The molecule has 0 saturated heterocycles. The van der Waals surface area contributed by atoms with Gasteiger partial charge in [0, 0.05) is 72.6 Å². The van der Waals surface area contributed by atoms with Gasteiger partial charge in [0.05, 0.1) is 61.2 Å². The Bertz CT molecular complexity index is 4400. The van der Waals surface area contributed by atoms with Crippen molar-refractivity contribution in [3.8, 4) is 0 Å². The van der Waals surface area contributed by atoms with Crippen LogP contribution in [0.5, 0.6) is 0 Å². The first kappa shape index (κ1) is 114. The van der Waals surface area contributed by atoms with Crippen molar-refractivity contribution in [1.82, 2.24) is 29.4 Å². The van der Waals surface area contributed by atoms with E-state index in [-0.39, 0.29) is 65.1 Å². The van der Waals surface area contributed by atoms with E-state index in [9.17, 15) is 28.8 Å². The fourth-order valence-corrected chi connectivity index (χ4v) is 17.8. The molecule has 0 heterocycles. The van der Waals surface area contributed by atoms with E-state index in [4.69, 9.17) is 73.3 Å². The molecule has 0 saturated carbocycles. The van der Waals surface area contributed by atoms with Gasteiger partial charge in [-0.15, -0.1) is 0 Å². The first-order valence-corrected chi connectivity index (χ1v) is 47.9. The molecule has 6 aromatic carbocycles. The van der Waals surface area contributed by atoms with Gasteiger partial charge in [-0.2, -0.15) is 0 Å². The highest BCUT2D eigenvalue weighted by molar-refractivity contribution is 7.72. The molecule has 0 spiro atoms. The van der Waals surface area contributed by atoms with E-state index in [2.05, 4.69) is 270 Å². The van der Waals surface area contributed by atoms with Crippen molar-refractivity contribution in [2.75, 3.05) is 191 Å². The Labute approximate surface area is 759 Å². The van der Waals surface area contributed by atoms with Crippen LogP contribution >= 0.6 is 73.3 Å². The Morgan fingerprint density at radius 2 is 0.417 bits per heavy atom. The number of anilines is 6. The van der Waals surface area contributed by atoms with E-state index < -0.39 is 0 Å². The Morgan fingerprint density at radius 1 is 0.225 bits per heavy atom. The van der Waals surface area contributed by atoms with Crippen LogP contribution in [-0.4, -0.2) is 188 Å². The molecule has 0 aliphatic carbocycles. The van der Waals surface area contributed by atoms with E-state index in [0.717, 1.165) is 249 Å². The average molecular weight is 1780 g/mol. The molecule has 0 unspecified atom stereocenters. The minimum atomic E-state index is -0.0492. The first-order chi connectivity index (χ1) is 55.8. The van der Waals surface area contributed by atoms with Gasteiger partial charge in [-0.25, -0.2) is 0 Å². The molecule has 6 N–H and O–H groups in total. The zero-order valence-corrected chi connectivity index (χ0v) is 85.9. The summed E-state index contributed by atoms with van der Waals surface area (Å²) in [7, 11) is 8.43. The predicted molar refractivity (Wildman–Crippen MR) is 541 cm³/mol. The van der Waals surface area contributed by atoms with Gasteiger partial charge in [0.15, 0.2) is 0 Å². The van der Waals surface area contributed by atoms with Crippen LogP contribution in [0.4, 0.5) is 34.1 Å². The second-order valence-electron chi connectivity index (χ2n) is 39.1. The second-order valence-corrected chi connectivity index (χ2v) is 41.5. The van der Waals surface area contributed by atoms with E-state index in [0.29, 0.717) is 27.1 Å². The van der Waals surface area contributed by atoms with Crippen LogP contribution < -0.4 is 64.5 Å².